The summed E-state index contributed by atoms with van der Waals surface area (Å²) < 4.78 is 13.2. The summed E-state index contributed by atoms with van der Waals surface area (Å²) in [4.78, 5) is 19.4. The number of nitrogens with zero attached hydrogens (tertiary/aromatic N) is 3. The molecule has 158 valence electrons. The summed E-state index contributed by atoms with van der Waals surface area (Å²) >= 11 is 0. The van der Waals surface area contributed by atoms with Crippen LogP contribution in [0.1, 0.15) is 37.3 Å². The summed E-state index contributed by atoms with van der Waals surface area (Å²) in [5, 5.41) is 4.43. The van der Waals surface area contributed by atoms with Gasteiger partial charge in [-0.2, -0.15) is 0 Å². The fourth-order valence-corrected chi connectivity index (χ4v) is 3.94. The molecule has 3 aromatic rings. The van der Waals surface area contributed by atoms with Gasteiger partial charge in [-0.25, -0.2) is 4.79 Å². The van der Waals surface area contributed by atoms with E-state index in [1.165, 1.54) is 0 Å². The van der Waals surface area contributed by atoms with Gasteiger partial charge in [-0.3, -0.25) is 9.88 Å². The van der Waals surface area contributed by atoms with E-state index in [-0.39, 0.29) is 18.2 Å². The molecule has 1 fully saturated rings. The zero-order chi connectivity index (χ0) is 21.1. The summed E-state index contributed by atoms with van der Waals surface area (Å²) in [6.07, 6.45) is 1.42. The monoisotopic (exact) mass is 408 g/mol. The maximum Gasteiger partial charge on any atom is 0.417 e. The lowest BCUT2D eigenvalue weighted by molar-refractivity contribution is 0.113. The Kier molecular flexibility index (Phi) is 6.01. The first-order valence-corrected chi connectivity index (χ1v) is 10.4. The minimum absolute atomic E-state index is 0.0689. The van der Waals surface area contributed by atoms with Crippen LogP contribution in [-0.2, 0) is 11.3 Å². The van der Waals surface area contributed by atoms with Crippen molar-refractivity contribution in [3.05, 3.63) is 59.9 Å². The second-order valence-corrected chi connectivity index (χ2v) is 7.46. The van der Waals surface area contributed by atoms with Crippen molar-refractivity contribution in [1.82, 2.24) is 19.8 Å². The van der Waals surface area contributed by atoms with E-state index in [2.05, 4.69) is 10.3 Å². The van der Waals surface area contributed by atoms with Crippen molar-refractivity contribution in [2.75, 3.05) is 26.7 Å². The van der Waals surface area contributed by atoms with Crippen molar-refractivity contribution in [1.29, 1.82) is 0 Å². The molecular formula is C23H28N4O3. The van der Waals surface area contributed by atoms with E-state index in [0.717, 1.165) is 35.2 Å². The molecule has 0 spiro atoms. The van der Waals surface area contributed by atoms with Crippen LogP contribution in [0, 0.1) is 0 Å². The molecule has 0 saturated carbocycles. The van der Waals surface area contributed by atoms with Gasteiger partial charge in [-0.1, -0.05) is 24.3 Å². The molecule has 1 N–H and O–H groups in total. The second kappa shape index (κ2) is 8.85. The van der Waals surface area contributed by atoms with Gasteiger partial charge < -0.3 is 19.4 Å². The number of rotatable bonds is 5. The average molecular weight is 409 g/mol. The lowest BCUT2D eigenvalue weighted by Gasteiger charge is -2.35. The molecule has 2 atom stereocenters. The number of aromatic nitrogens is 2. The number of carbonyl (C=O) groups excluding carboxylic acids is 1. The fraction of sp³-hybridized carbons (Fsp3) is 0.391. The minimum atomic E-state index is -0.339. The molecule has 0 aliphatic carbocycles. The van der Waals surface area contributed by atoms with Gasteiger partial charge in [-0.15, -0.1) is 0 Å². The van der Waals surface area contributed by atoms with Crippen molar-refractivity contribution >= 4 is 17.0 Å². The number of carbonyl (C=O) groups is 1. The van der Waals surface area contributed by atoms with Gasteiger partial charge >= 0.3 is 6.09 Å². The van der Waals surface area contributed by atoms with Gasteiger partial charge in [0, 0.05) is 50.9 Å². The van der Waals surface area contributed by atoms with Crippen LogP contribution < -0.4 is 10.1 Å². The number of ether oxygens (including phenoxy) is 2. The first-order chi connectivity index (χ1) is 14.6. The number of nitrogens with one attached hydrogen (secondary N) is 1. The normalized spacial score (nSPS) is 17.8. The Bertz CT molecular complexity index is 1010. The Morgan fingerprint density at radius 3 is 2.87 bits per heavy atom. The number of methoxy groups -OCH3 is 1. The minimum Gasteiger partial charge on any atom is -0.393 e. The molecule has 1 aliphatic heterocycles. The van der Waals surface area contributed by atoms with Gasteiger partial charge in [0.2, 0.25) is 5.88 Å². The lowest BCUT2D eigenvalue weighted by atomic mass is 10.0. The SMILES string of the molecule is CCn1c(OC(=O)N2CCNCC2c2ccc(C(C)OC)nc2)cc2ccccc21. The molecule has 1 saturated heterocycles. The first kappa shape index (κ1) is 20.4. The Morgan fingerprint density at radius 1 is 1.30 bits per heavy atom. The number of benzene rings is 1. The maximum atomic E-state index is 13.1. The van der Waals surface area contributed by atoms with Gasteiger partial charge in [-0.05, 0) is 31.5 Å². The number of hydrogen-bond acceptors (Lipinski definition) is 5. The van der Waals surface area contributed by atoms with E-state index in [1.54, 1.807) is 12.0 Å². The number of aryl methyl sites for hydroxylation is 1. The predicted octanol–water partition coefficient (Wildman–Crippen LogP) is 3.91. The number of piperazine rings is 1. The fourth-order valence-electron chi connectivity index (χ4n) is 3.94. The van der Waals surface area contributed by atoms with Crippen LogP contribution >= 0.6 is 0 Å². The first-order valence-electron chi connectivity index (χ1n) is 10.4. The van der Waals surface area contributed by atoms with E-state index in [9.17, 15) is 4.79 Å². The molecule has 3 heterocycles. The van der Waals surface area contributed by atoms with Crippen LogP contribution in [0.15, 0.2) is 48.7 Å². The highest BCUT2D eigenvalue weighted by Gasteiger charge is 2.30. The summed E-state index contributed by atoms with van der Waals surface area (Å²) in [5.41, 5.74) is 2.90. The molecule has 1 aromatic carbocycles. The number of fused-ring (bicyclic) bond motifs is 1. The zero-order valence-corrected chi connectivity index (χ0v) is 17.7. The standard InChI is InChI=1S/C23H28N4O3/c1-4-26-20-8-6-5-7-17(20)13-22(26)30-23(28)27-12-11-24-15-21(27)18-9-10-19(25-14-18)16(2)29-3/h5-10,13-14,16,21,24H,4,11-12,15H2,1-3H3. The smallest absolute Gasteiger partial charge is 0.393 e. The number of para-hydroxylation sites is 1. The van der Waals surface area contributed by atoms with Crippen LogP contribution in [0.4, 0.5) is 4.79 Å². The van der Waals surface area contributed by atoms with Crippen LogP contribution in [0.5, 0.6) is 5.88 Å². The van der Waals surface area contributed by atoms with Gasteiger partial charge in [0.1, 0.15) is 0 Å². The molecule has 30 heavy (non-hydrogen) atoms. The molecule has 2 unspecified atom stereocenters. The molecule has 2 aromatic heterocycles. The number of hydrogen-bond donors (Lipinski definition) is 1. The van der Waals surface area contributed by atoms with Gasteiger partial charge in [0.15, 0.2) is 0 Å². The summed E-state index contributed by atoms with van der Waals surface area (Å²) in [5.74, 6) is 0.573. The largest absolute Gasteiger partial charge is 0.417 e. The maximum absolute atomic E-state index is 13.1. The van der Waals surface area contributed by atoms with Crippen LogP contribution in [0.2, 0.25) is 0 Å². The summed E-state index contributed by atoms with van der Waals surface area (Å²) in [6, 6.07) is 13.8. The van der Waals surface area contributed by atoms with Gasteiger partial charge in [0.05, 0.1) is 23.4 Å². The molecule has 1 aliphatic rings. The summed E-state index contributed by atoms with van der Waals surface area (Å²) in [6.45, 7) is 6.70. The van der Waals surface area contributed by atoms with Crippen molar-refractivity contribution in [2.24, 2.45) is 0 Å². The Labute approximate surface area is 176 Å². The Balaban J connectivity index is 1.56. The highest BCUT2D eigenvalue weighted by molar-refractivity contribution is 5.83. The Hall–Kier alpha value is -2.90. The van der Waals surface area contributed by atoms with E-state index in [4.69, 9.17) is 9.47 Å². The van der Waals surface area contributed by atoms with Crippen LogP contribution in [-0.4, -0.2) is 47.3 Å². The molecule has 0 bridgehead atoms. The third-order valence-corrected chi connectivity index (χ3v) is 5.72. The van der Waals surface area contributed by atoms with E-state index in [0.29, 0.717) is 19.0 Å². The second-order valence-electron chi connectivity index (χ2n) is 7.46. The van der Waals surface area contributed by atoms with Crippen molar-refractivity contribution in [3.8, 4) is 5.88 Å². The number of pyridine rings is 1. The zero-order valence-electron chi connectivity index (χ0n) is 17.7. The quantitative estimate of drug-likeness (QED) is 0.693. The molecule has 7 nitrogen and oxygen atoms in total. The highest BCUT2D eigenvalue weighted by Crippen LogP contribution is 2.28. The van der Waals surface area contributed by atoms with E-state index in [1.807, 2.05) is 67.1 Å². The third-order valence-electron chi connectivity index (χ3n) is 5.72. The number of amides is 1. The third kappa shape index (κ3) is 3.91. The van der Waals surface area contributed by atoms with E-state index >= 15 is 0 Å². The van der Waals surface area contributed by atoms with Crippen LogP contribution in [0.3, 0.4) is 0 Å². The molecular weight excluding hydrogens is 380 g/mol. The van der Waals surface area contributed by atoms with Crippen LogP contribution in [0.25, 0.3) is 10.9 Å². The van der Waals surface area contributed by atoms with Crippen molar-refractivity contribution < 1.29 is 14.3 Å². The molecule has 1 amide bonds. The van der Waals surface area contributed by atoms with E-state index < -0.39 is 0 Å². The molecule has 7 heteroatoms. The summed E-state index contributed by atoms with van der Waals surface area (Å²) in [7, 11) is 1.67. The molecule has 0 radical (unpaired) electrons. The highest BCUT2D eigenvalue weighted by atomic mass is 16.6. The molecule has 4 rings (SSSR count). The lowest BCUT2D eigenvalue weighted by Crippen LogP contribution is -2.49. The average Bonchev–Trinajstić information content (AvgIpc) is 3.15. The topological polar surface area (TPSA) is 68.6 Å². The van der Waals surface area contributed by atoms with Crippen molar-refractivity contribution in [2.45, 2.75) is 32.5 Å². The predicted molar refractivity (Wildman–Crippen MR) is 116 cm³/mol. The Morgan fingerprint density at radius 2 is 2.13 bits per heavy atom. The van der Waals surface area contributed by atoms with Crippen molar-refractivity contribution in [3.63, 3.8) is 0 Å². The van der Waals surface area contributed by atoms with Gasteiger partial charge in [0.25, 0.3) is 0 Å².